The summed E-state index contributed by atoms with van der Waals surface area (Å²) in [5.74, 6) is 0. The SMILES string of the molecule is CC1=CCCN(S(=O)(=O)c2ccccc2N)C1. The molecule has 4 nitrogen and oxygen atoms in total. The lowest BCUT2D eigenvalue weighted by atomic mass is 10.2. The smallest absolute Gasteiger partial charge is 0.245 e. The summed E-state index contributed by atoms with van der Waals surface area (Å²) in [5, 5.41) is 0. The molecule has 0 spiro atoms. The number of anilines is 1. The van der Waals surface area contributed by atoms with E-state index in [-0.39, 0.29) is 4.90 Å². The van der Waals surface area contributed by atoms with Crippen molar-refractivity contribution in [1.29, 1.82) is 0 Å². The van der Waals surface area contributed by atoms with Gasteiger partial charge in [-0.25, -0.2) is 8.42 Å². The molecule has 0 atom stereocenters. The van der Waals surface area contributed by atoms with E-state index in [0.717, 1.165) is 12.0 Å². The van der Waals surface area contributed by atoms with Gasteiger partial charge in [0.1, 0.15) is 4.90 Å². The van der Waals surface area contributed by atoms with E-state index in [2.05, 4.69) is 6.08 Å². The summed E-state index contributed by atoms with van der Waals surface area (Å²) in [6.07, 6.45) is 2.83. The average molecular weight is 252 g/mol. The van der Waals surface area contributed by atoms with Gasteiger partial charge in [0, 0.05) is 13.1 Å². The number of nitrogens with zero attached hydrogens (tertiary/aromatic N) is 1. The summed E-state index contributed by atoms with van der Waals surface area (Å²) in [6.45, 7) is 2.92. The molecule has 0 fully saturated rings. The number of sulfonamides is 1. The van der Waals surface area contributed by atoms with Crippen LogP contribution in [0.2, 0.25) is 0 Å². The molecule has 1 aliphatic heterocycles. The van der Waals surface area contributed by atoms with Crippen molar-refractivity contribution in [3.8, 4) is 0 Å². The Bertz CT molecular complexity index is 549. The van der Waals surface area contributed by atoms with Crippen LogP contribution in [0.4, 0.5) is 5.69 Å². The van der Waals surface area contributed by atoms with Crippen molar-refractivity contribution < 1.29 is 8.42 Å². The Kier molecular flexibility index (Phi) is 3.22. The van der Waals surface area contributed by atoms with Crippen LogP contribution in [0.5, 0.6) is 0 Å². The lowest BCUT2D eigenvalue weighted by Crippen LogP contribution is -2.35. The highest BCUT2D eigenvalue weighted by Crippen LogP contribution is 2.24. The van der Waals surface area contributed by atoms with Crippen LogP contribution in [0.15, 0.2) is 40.8 Å². The van der Waals surface area contributed by atoms with Gasteiger partial charge in [0.2, 0.25) is 10.0 Å². The highest BCUT2D eigenvalue weighted by molar-refractivity contribution is 7.89. The Morgan fingerprint density at radius 1 is 1.29 bits per heavy atom. The monoisotopic (exact) mass is 252 g/mol. The maximum Gasteiger partial charge on any atom is 0.245 e. The zero-order chi connectivity index (χ0) is 12.5. The molecule has 0 saturated heterocycles. The summed E-state index contributed by atoms with van der Waals surface area (Å²) in [5.41, 5.74) is 7.11. The summed E-state index contributed by atoms with van der Waals surface area (Å²) >= 11 is 0. The first-order chi connectivity index (χ1) is 8.01. The standard InChI is InChI=1S/C12H16N2O2S/c1-10-5-4-8-14(9-10)17(15,16)12-7-3-2-6-11(12)13/h2-3,5-7H,4,8-9,13H2,1H3. The maximum atomic E-state index is 12.4. The van der Waals surface area contributed by atoms with Crippen molar-refractivity contribution in [1.82, 2.24) is 4.31 Å². The quantitative estimate of drug-likeness (QED) is 0.642. The summed E-state index contributed by atoms with van der Waals surface area (Å²) in [7, 11) is -3.46. The van der Waals surface area contributed by atoms with Gasteiger partial charge in [0.05, 0.1) is 5.69 Å². The second-order valence-electron chi connectivity index (χ2n) is 4.22. The molecule has 1 aromatic rings. The van der Waals surface area contributed by atoms with E-state index in [4.69, 9.17) is 5.73 Å². The predicted molar refractivity (Wildman–Crippen MR) is 68.0 cm³/mol. The average Bonchev–Trinajstić information content (AvgIpc) is 2.29. The molecule has 0 aromatic heterocycles. The van der Waals surface area contributed by atoms with Crippen LogP contribution in [0.1, 0.15) is 13.3 Å². The maximum absolute atomic E-state index is 12.4. The van der Waals surface area contributed by atoms with Crippen molar-refractivity contribution in [2.45, 2.75) is 18.2 Å². The van der Waals surface area contributed by atoms with Crippen LogP contribution in [0.25, 0.3) is 0 Å². The summed E-state index contributed by atoms with van der Waals surface area (Å²) < 4.78 is 26.2. The fourth-order valence-electron chi connectivity index (χ4n) is 1.94. The third kappa shape index (κ3) is 2.35. The number of hydrogen-bond acceptors (Lipinski definition) is 3. The molecule has 0 saturated carbocycles. The molecule has 1 aromatic carbocycles. The minimum Gasteiger partial charge on any atom is -0.398 e. The molecule has 0 unspecified atom stereocenters. The number of hydrogen-bond donors (Lipinski definition) is 1. The Labute approximate surface area is 102 Å². The van der Waals surface area contributed by atoms with Crippen molar-refractivity contribution in [2.75, 3.05) is 18.8 Å². The van der Waals surface area contributed by atoms with Crippen molar-refractivity contribution >= 4 is 15.7 Å². The van der Waals surface area contributed by atoms with Crippen LogP contribution >= 0.6 is 0 Å². The Balaban J connectivity index is 2.38. The van der Waals surface area contributed by atoms with E-state index in [9.17, 15) is 8.42 Å². The van der Waals surface area contributed by atoms with Crippen LogP contribution < -0.4 is 5.73 Å². The van der Waals surface area contributed by atoms with Crippen molar-refractivity contribution in [3.63, 3.8) is 0 Å². The van der Waals surface area contributed by atoms with E-state index in [1.165, 1.54) is 4.31 Å². The van der Waals surface area contributed by atoms with Crippen LogP contribution in [0, 0.1) is 0 Å². The third-order valence-electron chi connectivity index (χ3n) is 2.83. The highest BCUT2D eigenvalue weighted by atomic mass is 32.2. The molecule has 0 radical (unpaired) electrons. The van der Waals surface area contributed by atoms with Crippen molar-refractivity contribution in [2.24, 2.45) is 0 Å². The molecular formula is C12H16N2O2S. The van der Waals surface area contributed by atoms with Gasteiger partial charge in [-0.1, -0.05) is 23.8 Å². The molecule has 0 amide bonds. The molecule has 0 aliphatic carbocycles. The number of nitrogen functional groups attached to an aromatic ring is 1. The summed E-state index contributed by atoms with van der Waals surface area (Å²) in [6, 6.07) is 6.59. The molecule has 2 N–H and O–H groups in total. The molecule has 2 rings (SSSR count). The largest absolute Gasteiger partial charge is 0.398 e. The van der Waals surface area contributed by atoms with Gasteiger partial charge in [-0.05, 0) is 25.5 Å². The predicted octanol–water partition coefficient (Wildman–Crippen LogP) is 1.61. The minimum absolute atomic E-state index is 0.203. The van der Waals surface area contributed by atoms with Gasteiger partial charge in [-0.3, -0.25) is 0 Å². The fourth-order valence-corrected chi connectivity index (χ4v) is 3.55. The summed E-state index contributed by atoms with van der Waals surface area (Å²) in [4.78, 5) is 0.203. The van der Waals surface area contributed by atoms with Gasteiger partial charge < -0.3 is 5.73 Å². The van der Waals surface area contributed by atoms with E-state index >= 15 is 0 Å². The second kappa shape index (κ2) is 4.50. The van der Waals surface area contributed by atoms with Crippen LogP contribution in [0.3, 0.4) is 0 Å². The van der Waals surface area contributed by atoms with E-state index in [1.807, 2.05) is 6.92 Å². The fraction of sp³-hybridized carbons (Fsp3) is 0.333. The van der Waals surface area contributed by atoms with E-state index < -0.39 is 10.0 Å². The Morgan fingerprint density at radius 2 is 2.00 bits per heavy atom. The van der Waals surface area contributed by atoms with E-state index in [1.54, 1.807) is 24.3 Å². The number of nitrogens with two attached hydrogens (primary N) is 1. The first-order valence-electron chi connectivity index (χ1n) is 5.52. The molecule has 1 aliphatic rings. The Hall–Kier alpha value is -1.33. The number of para-hydroxylation sites is 1. The molecule has 17 heavy (non-hydrogen) atoms. The Morgan fingerprint density at radius 3 is 2.65 bits per heavy atom. The first-order valence-corrected chi connectivity index (χ1v) is 6.96. The molecule has 0 bridgehead atoms. The topological polar surface area (TPSA) is 63.4 Å². The van der Waals surface area contributed by atoms with Gasteiger partial charge in [0.15, 0.2) is 0 Å². The van der Waals surface area contributed by atoms with Crippen molar-refractivity contribution in [3.05, 3.63) is 35.9 Å². The second-order valence-corrected chi connectivity index (χ2v) is 6.12. The normalized spacial score (nSPS) is 17.8. The van der Waals surface area contributed by atoms with Gasteiger partial charge in [-0.15, -0.1) is 0 Å². The third-order valence-corrected chi connectivity index (χ3v) is 4.75. The van der Waals surface area contributed by atoms with Gasteiger partial charge in [0.25, 0.3) is 0 Å². The van der Waals surface area contributed by atoms with Crippen LogP contribution in [-0.2, 0) is 10.0 Å². The number of rotatable bonds is 2. The lowest BCUT2D eigenvalue weighted by Gasteiger charge is -2.25. The molecule has 92 valence electrons. The highest BCUT2D eigenvalue weighted by Gasteiger charge is 2.27. The molecular weight excluding hydrogens is 236 g/mol. The number of benzene rings is 1. The van der Waals surface area contributed by atoms with Crippen LogP contribution in [-0.4, -0.2) is 25.8 Å². The zero-order valence-electron chi connectivity index (χ0n) is 9.76. The lowest BCUT2D eigenvalue weighted by molar-refractivity contribution is 0.428. The first kappa shape index (κ1) is 12.1. The minimum atomic E-state index is -3.46. The molecule has 5 heteroatoms. The van der Waals surface area contributed by atoms with Gasteiger partial charge in [-0.2, -0.15) is 4.31 Å². The zero-order valence-corrected chi connectivity index (χ0v) is 10.6. The van der Waals surface area contributed by atoms with E-state index in [0.29, 0.717) is 18.8 Å². The molecule has 1 heterocycles. The van der Waals surface area contributed by atoms with Gasteiger partial charge >= 0.3 is 0 Å².